The topological polar surface area (TPSA) is 54.0 Å². The molecule has 0 spiro atoms. The molecule has 1 atom stereocenters. The van der Waals surface area contributed by atoms with Crippen molar-refractivity contribution < 1.29 is 36.9 Å². The van der Waals surface area contributed by atoms with Gasteiger partial charge in [-0.05, 0) is 78.9 Å². The Hall–Kier alpha value is -2.75. The second kappa shape index (κ2) is 14.6. The number of halogens is 5. The van der Waals surface area contributed by atoms with Gasteiger partial charge in [0.25, 0.3) is 0 Å². The Labute approximate surface area is 239 Å². The fourth-order valence-electron chi connectivity index (χ4n) is 3.50. The zero-order valence-corrected chi connectivity index (χ0v) is 23.6. The van der Waals surface area contributed by atoms with Crippen LogP contribution >= 0.6 is 35.0 Å². The Balaban J connectivity index is 1.98. The maximum atomic E-state index is 13.8. The van der Waals surface area contributed by atoms with Crippen LogP contribution in [0.4, 0.5) is 18.0 Å². The predicted octanol–water partition coefficient (Wildman–Crippen LogP) is 9.41. The minimum Gasteiger partial charge on any atom is -0.496 e. The first-order valence-electron chi connectivity index (χ1n) is 11.9. The molecule has 1 fully saturated rings. The summed E-state index contributed by atoms with van der Waals surface area (Å²) in [5.74, 6) is 0.000136. The fraction of sp³-hybridized carbons (Fsp3) is 0.321. The third-order valence-electron chi connectivity index (χ3n) is 5.68. The molecule has 0 radical (unpaired) electrons. The van der Waals surface area contributed by atoms with Crippen LogP contribution in [0, 0.1) is 11.7 Å². The Bertz CT molecular complexity index is 1250. The second-order valence-electron chi connectivity index (χ2n) is 8.46. The predicted molar refractivity (Wildman–Crippen MR) is 147 cm³/mol. The standard InChI is InChI=1S/C28H27Cl2F3O5S/c1-4-20(29)19(21(30)5-2)14-24(38-28(34)39-26-13-18(31)9-11-23(26)35-3)17-8-10-22(37-27(32)33)25(12-17)36-15-16-6-7-16/h4-5,8-13,16,24,27H,1,6-7,14-15H2,2-3H3/b20-19+,21-5+/t24-/m0/s1. The van der Waals surface area contributed by atoms with Crippen molar-refractivity contribution in [2.24, 2.45) is 5.92 Å². The summed E-state index contributed by atoms with van der Waals surface area (Å²) in [6.45, 7) is 2.67. The van der Waals surface area contributed by atoms with E-state index in [0.29, 0.717) is 40.5 Å². The van der Waals surface area contributed by atoms with Gasteiger partial charge in [-0.15, -0.1) is 0 Å². The highest BCUT2D eigenvalue weighted by Gasteiger charge is 2.26. The van der Waals surface area contributed by atoms with Crippen molar-refractivity contribution in [3.63, 3.8) is 0 Å². The van der Waals surface area contributed by atoms with E-state index in [4.69, 9.17) is 37.4 Å². The molecule has 1 aliphatic rings. The third-order valence-corrected chi connectivity index (χ3v) is 7.31. The zero-order valence-electron chi connectivity index (χ0n) is 21.2. The van der Waals surface area contributed by atoms with Crippen LogP contribution in [0.25, 0.3) is 0 Å². The van der Waals surface area contributed by atoms with Gasteiger partial charge in [0.2, 0.25) is 0 Å². The molecular formula is C28H27Cl2F3O5S. The molecular weight excluding hydrogens is 576 g/mol. The maximum Gasteiger partial charge on any atom is 0.387 e. The number of allylic oxidation sites excluding steroid dienone is 4. The highest BCUT2D eigenvalue weighted by atomic mass is 35.5. The molecule has 0 aromatic heterocycles. The molecule has 0 bridgehead atoms. The lowest BCUT2D eigenvalue weighted by Gasteiger charge is -2.22. The number of methoxy groups -OCH3 is 1. The average Bonchev–Trinajstić information content (AvgIpc) is 3.74. The first kappa shape index (κ1) is 30.8. The molecule has 2 aromatic carbocycles. The summed E-state index contributed by atoms with van der Waals surface area (Å²) in [4.78, 5) is 13.3. The monoisotopic (exact) mass is 602 g/mol. The van der Waals surface area contributed by atoms with E-state index in [-0.39, 0.29) is 33.6 Å². The van der Waals surface area contributed by atoms with Gasteiger partial charge in [0.1, 0.15) is 17.7 Å². The summed E-state index contributed by atoms with van der Waals surface area (Å²) in [6, 6.07) is 8.03. The van der Waals surface area contributed by atoms with Gasteiger partial charge in [0.05, 0.1) is 18.6 Å². The average molecular weight is 603 g/mol. The van der Waals surface area contributed by atoms with Gasteiger partial charge < -0.3 is 18.9 Å². The molecule has 210 valence electrons. The third kappa shape index (κ3) is 9.15. The molecule has 1 aliphatic carbocycles. The molecule has 11 heteroatoms. The fourth-order valence-corrected chi connectivity index (χ4v) is 4.68. The van der Waals surface area contributed by atoms with Crippen LogP contribution in [-0.4, -0.2) is 25.6 Å². The normalized spacial score (nSPS) is 14.9. The van der Waals surface area contributed by atoms with Gasteiger partial charge in [-0.1, -0.05) is 48.0 Å². The van der Waals surface area contributed by atoms with E-state index in [9.17, 15) is 18.0 Å². The number of hydrogen-bond donors (Lipinski definition) is 0. The van der Waals surface area contributed by atoms with E-state index in [1.54, 1.807) is 13.0 Å². The van der Waals surface area contributed by atoms with Gasteiger partial charge in [-0.25, -0.2) is 9.18 Å². The first-order valence-corrected chi connectivity index (χ1v) is 13.5. The van der Waals surface area contributed by atoms with Crippen LogP contribution < -0.4 is 14.2 Å². The molecule has 3 rings (SSSR count). The van der Waals surface area contributed by atoms with E-state index in [1.165, 1.54) is 43.5 Å². The highest BCUT2D eigenvalue weighted by Crippen LogP contribution is 2.40. The van der Waals surface area contributed by atoms with E-state index in [2.05, 4.69) is 11.3 Å². The smallest absolute Gasteiger partial charge is 0.387 e. The summed E-state index contributed by atoms with van der Waals surface area (Å²) < 4.78 is 61.3. The minimum absolute atomic E-state index is 0.0116. The molecule has 39 heavy (non-hydrogen) atoms. The van der Waals surface area contributed by atoms with Crippen molar-refractivity contribution in [2.75, 3.05) is 13.7 Å². The minimum atomic E-state index is -3.06. The van der Waals surface area contributed by atoms with Gasteiger partial charge >= 0.3 is 11.9 Å². The quantitative estimate of drug-likeness (QED) is 0.129. The summed E-state index contributed by atoms with van der Waals surface area (Å²) in [6.07, 6.45) is 4.02. The Kier molecular flexibility index (Phi) is 11.5. The SMILES string of the molecule is C=C/C(Cl)=C(C[C@H](OC(=O)Sc1cc(F)ccc1OC)c1ccc(OC(F)F)c(OCC2CC2)c1)\C(Cl)=C/C. The van der Waals surface area contributed by atoms with Crippen molar-refractivity contribution in [1.82, 2.24) is 0 Å². The summed E-state index contributed by atoms with van der Waals surface area (Å²) in [5, 5.41) is -0.229. The van der Waals surface area contributed by atoms with Crippen LogP contribution in [0.1, 0.15) is 37.9 Å². The molecule has 0 N–H and O–H groups in total. The molecule has 2 aromatic rings. The zero-order chi connectivity index (χ0) is 28.5. The summed E-state index contributed by atoms with van der Waals surface area (Å²) >= 11 is 13.4. The van der Waals surface area contributed by atoms with Crippen molar-refractivity contribution in [2.45, 2.75) is 43.8 Å². The lowest BCUT2D eigenvalue weighted by Crippen LogP contribution is -2.12. The number of hydrogen-bond acceptors (Lipinski definition) is 6. The van der Waals surface area contributed by atoms with Crippen LogP contribution in [0.5, 0.6) is 17.2 Å². The largest absolute Gasteiger partial charge is 0.496 e. The number of rotatable bonds is 13. The van der Waals surface area contributed by atoms with Crippen molar-refractivity contribution in [1.29, 1.82) is 0 Å². The molecule has 0 saturated heterocycles. The van der Waals surface area contributed by atoms with Gasteiger partial charge in [0.15, 0.2) is 11.5 Å². The molecule has 5 nitrogen and oxygen atoms in total. The number of carbonyl (C=O) groups is 1. The Morgan fingerprint density at radius 3 is 2.49 bits per heavy atom. The Morgan fingerprint density at radius 2 is 1.87 bits per heavy atom. The number of alkyl halides is 2. The maximum absolute atomic E-state index is 13.8. The van der Waals surface area contributed by atoms with E-state index in [0.717, 1.165) is 18.9 Å². The molecule has 0 amide bonds. The number of carbonyl (C=O) groups excluding carboxylic acids is 1. The second-order valence-corrected chi connectivity index (χ2v) is 10.3. The van der Waals surface area contributed by atoms with Crippen LogP contribution in [0.15, 0.2) is 75.7 Å². The summed E-state index contributed by atoms with van der Waals surface area (Å²) in [5.41, 5.74) is 0.851. The molecule has 0 heterocycles. The summed E-state index contributed by atoms with van der Waals surface area (Å²) in [7, 11) is 1.39. The Morgan fingerprint density at radius 1 is 1.15 bits per heavy atom. The molecule has 0 unspecified atom stereocenters. The lowest BCUT2D eigenvalue weighted by atomic mass is 9.99. The van der Waals surface area contributed by atoms with Gasteiger partial charge in [-0.2, -0.15) is 8.78 Å². The number of benzene rings is 2. The van der Waals surface area contributed by atoms with Crippen molar-refractivity contribution in [3.05, 3.63) is 82.1 Å². The van der Waals surface area contributed by atoms with E-state index >= 15 is 0 Å². The lowest BCUT2D eigenvalue weighted by molar-refractivity contribution is -0.0515. The van der Waals surface area contributed by atoms with E-state index < -0.39 is 23.8 Å². The highest BCUT2D eigenvalue weighted by molar-refractivity contribution is 8.13. The first-order chi connectivity index (χ1) is 18.6. The number of ether oxygens (including phenoxy) is 4. The van der Waals surface area contributed by atoms with Gasteiger partial charge in [-0.3, -0.25) is 0 Å². The number of thioether (sulfide) groups is 1. The van der Waals surface area contributed by atoms with Crippen molar-refractivity contribution >= 4 is 40.3 Å². The van der Waals surface area contributed by atoms with Gasteiger partial charge in [0, 0.05) is 16.5 Å². The van der Waals surface area contributed by atoms with Crippen molar-refractivity contribution in [3.8, 4) is 17.2 Å². The molecule has 0 aliphatic heterocycles. The van der Waals surface area contributed by atoms with Crippen LogP contribution in [0.2, 0.25) is 0 Å². The van der Waals surface area contributed by atoms with Crippen LogP contribution in [-0.2, 0) is 4.74 Å². The molecule has 1 saturated carbocycles. The van der Waals surface area contributed by atoms with E-state index in [1.807, 2.05) is 0 Å². The van der Waals surface area contributed by atoms with Crippen LogP contribution in [0.3, 0.4) is 0 Å².